The molecule has 3 aliphatic rings. The third kappa shape index (κ3) is 1.26. The first-order valence-electron chi connectivity index (χ1n) is 5.63. The summed E-state index contributed by atoms with van der Waals surface area (Å²) in [6, 6.07) is 0. The Morgan fingerprint density at radius 3 is 2.47 bits per heavy atom. The summed E-state index contributed by atoms with van der Waals surface area (Å²) in [5.74, 6) is 1.32. The molecular weight excluding hydrogens is 205 g/mol. The molecule has 2 aliphatic carbocycles. The average molecular weight is 220 g/mol. The molecule has 0 aromatic heterocycles. The molecule has 1 aliphatic heterocycles. The van der Waals surface area contributed by atoms with Gasteiger partial charge in [-0.1, -0.05) is 0 Å². The third-order valence-corrected chi connectivity index (χ3v) is 4.55. The van der Waals surface area contributed by atoms with Gasteiger partial charge >= 0.3 is 6.18 Å². The van der Waals surface area contributed by atoms with Crippen molar-refractivity contribution in [1.29, 1.82) is 0 Å². The number of hydrogen-bond acceptors (Lipinski definition) is 1. The summed E-state index contributed by atoms with van der Waals surface area (Å²) in [5.41, 5.74) is -1.88. The highest BCUT2D eigenvalue weighted by Gasteiger charge is 2.62. The predicted molar refractivity (Wildman–Crippen MR) is 48.3 cm³/mol. The minimum absolute atomic E-state index is 0.117. The maximum absolute atomic E-state index is 12.8. The topological polar surface area (TPSA) is 9.23 Å². The van der Waals surface area contributed by atoms with E-state index in [0.29, 0.717) is 11.8 Å². The molecule has 0 amide bonds. The molecule has 2 saturated carbocycles. The van der Waals surface area contributed by atoms with E-state index in [4.69, 9.17) is 4.74 Å². The lowest BCUT2D eigenvalue weighted by Crippen LogP contribution is -2.54. The van der Waals surface area contributed by atoms with Crippen LogP contribution in [0, 0.1) is 17.8 Å². The van der Waals surface area contributed by atoms with Gasteiger partial charge in [0.05, 0.1) is 6.10 Å². The highest BCUT2D eigenvalue weighted by Crippen LogP contribution is 2.58. The lowest BCUT2D eigenvalue weighted by molar-refractivity contribution is -0.313. The molecule has 0 radical (unpaired) electrons. The summed E-state index contributed by atoms with van der Waals surface area (Å²) in [4.78, 5) is 0. The highest BCUT2D eigenvalue weighted by atomic mass is 19.4. The van der Waals surface area contributed by atoms with Crippen molar-refractivity contribution in [2.24, 2.45) is 17.8 Å². The summed E-state index contributed by atoms with van der Waals surface area (Å²) < 4.78 is 43.9. The summed E-state index contributed by atoms with van der Waals surface area (Å²) >= 11 is 0. The largest absolute Gasteiger partial charge is 0.417 e. The van der Waals surface area contributed by atoms with E-state index in [-0.39, 0.29) is 18.4 Å². The molecule has 15 heavy (non-hydrogen) atoms. The monoisotopic (exact) mass is 220 g/mol. The van der Waals surface area contributed by atoms with E-state index in [2.05, 4.69) is 0 Å². The Labute approximate surface area is 87.0 Å². The number of halogens is 3. The minimum atomic E-state index is -4.22. The zero-order valence-electron chi connectivity index (χ0n) is 8.68. The second-order valence-corrected chi connectivity index (χ2v) is 5.59. The van der Waals surface area contributed by atoms with E-state index in [9.17, 15) is 13.2 Å². The fourth-order valence-corrected chi connectivity index (χ4v) is 3.86. The first kappa shape index (κ1) is 9.94. The van der Waals surface area contributed by atoms with Gasteiger partial charge in [-0.05, 0) is 50.4 Å². The molecule has 1 nitrogen and oxygen atoms in total. The van der Waals surface area contributed by atoms with E-state index in [0.717, 1.165) is 19.3 Å². The van der Waals surface area contributed by atoms with Gasteiger partial charge in [0.1, 0.15) is 0 Å². The van der Waals surface area contributed by atoms with Gasteiger partial charge in [0, 0.05) is 0 Å². The van der Waals surface area contributed by atoms with Gasteiger partial charge in [0.25, 0.3) is 0 Å². The van der Waals surface area contributed by atoms with Crippen molar-refractivity contribution in [1.82, 2.24) is 0 Å². The van der Waals surface area contributed by atoms with Crippen molar-refractivity contribution in [3.63, 3.8) is 0 Å². The second-order valence-electron chi connectivity index (χ2n) is 5.59. The van der Waals surface area contributed by atoms with Gasteiger partial charge in [0.2, 0.25) is 0 Å². The van der Waals surface area contributed by atoms with Crippen LogP contribution in [0.2, 0.25) is 0 Å². The molecule has 0 aromatic carbocycles. The van der Waals surface area contributed by atoms with Crippen molar-refractivity contribution in [3.05, 3.63) is 0 Å². The van der Waals surface area contributed by atoms with Crippen molar-refractivity contribution in [3.8, 4) is 0 Å². The molecule has 0 N–H and O–H groups in total. The molecule has 1 saturated heterocycles. The second kappa shape index (κ2) is 2.70. The SMILES string of the molecule is CC1(C(F)(F)F)CC2CC3CC(O1)C2C3. The maximum Gasteiger partial charge on any atom is 0.417 e. The van der Waals surface area contributed by atoms with Crippen LogP contribution in [0.4, 0.5) is 13.2 Å². The van der Waals surface area contributed by atoms with E-state index < -0.39 is 11.8 Å². The summed E-state index contributed by atoms with van der Waals surface area (Å²) in [7, 11) is 0. The number of fused-ring (bicyclic) bond motifs is 1. The number of ether oxygens (including phenoxy) is 1. The molecule has 3 rings (SSSR count). The van der Waals surface area contributed by atoms with Crippen molar-refractivity contribution < 1.29 is 17.9 Å². The quantitative estimate of drug-likeness (QED) is 0.609. The average Bonchev–Trinajstić information content (AvgIpc) is 2.57. The van der Waals surface area contributed by atoms with Crippen LogP contribution in [-0.4, -0.2) is 17.9 Å². The Morgan fingerprint density at radius 1 is 1.20 bits per heavy atom. The van der Waals surface area contributed by atoms with Crippen LogP contribution in [0.3, 0.4) is 0 Å². The van der Waals surface area contributed by atoms with E-state index in [1.54, 1.807) is 0 Å². The van der Waals surface area contributed by atoms with Gasteiger partial charge in [-0.3, -0.25) is 0 Å². The summed E-state index contributed by atoms with van der Waals surface area (Å²) in [6.07, 6.45) is -1.21. The van der Waals surface area contributed by atoms with Crippen LogP contribution in [0.1, 0.15) is 32.6 Å². The molecule has 0 aromatic rings. The van der Waals surface area contributed by atoms with Crippen LogP contribution in [0.5, 0.6) is 0 Å². The standard InChI is InChI=1S/C11H15F3O/c1-10(11(12,13)14)5-7-2-6-3-8(7)9(4-6)15-10/h6-9H,2-5H2,1H3. The van der Waals surface area contributed by atoms with Crippen LogP contribution in [0.25, 0.3) is 0 Å². The molecule has 3 fully saturated rings. The summed E-state index contributed by atoms with van der Waals surface area (Å²) in [6.45, 7) is 1.22. The Morgan fingerprint density at radius 2 is 1.93 bits per heavy atom. The van der Waals surface area contributed by atoms with Crippen molar-refractivity contribution in [2.45, 2.75) is 50.5 Å². The molecule has 0 spiro atoms. The number of rotatable bonds is 0. The zero-order chi connectivity index (χ0) is 10.8. The fourth-order valence-electron chi connectivity index (χ4n) is 3.86. The lowest BCUT2D eigenvalue weighted by Gasteiger charge is -2.46. The molecule has 5 atom stereocenters. The molecule has 1 heterocycles. The highest BCUT2D eigenvalue weighted by molar-refractivity contribution is 5.05. The maximum atomic E-state index is 12.8. The van der Waals surface area contributed by atoms with Crippen LogP contribution < -0.4 is 0 Å². The first-order chi connectivity index (χ1) is 6.89. The number of hydrogen-bond donors (Lipinski definition) is 0. The molecular formula is C11H15F3O. The Kier molecular flexibility index (Phi) is 1.79. The van der Waals surface area contributed by atoms with Crippen LogP contribution >= 0.6 is 0 Å². The molecule has 86 valence electrons. The summed E-state index contributed by atoms with van der Waals surface area (Å²) in [5, 5.41) is 0. The van der Waals surface area contributed by atoms with Gasteiger partial charge in [-0.15, -0.1) is 0 Å². The van der Waals surface area contributed by atoms with E-state index in [1.165, 1.54) is 6.92 Å². The zero-order valence-corrected chi connectivity index (χ0v) is 8.68. The van der Waals surface area contributed by atoms with Crippen molar-refractivity contribution in [2.75, 3.05) is 0 Å². The van der Waals surface area contributed by atoms with E-state index in [1.807, 2.05) is 0 Å². The van der Waals surface area contributed by atoms with Crippen molar-refractivity contribution >= 4 is 0 Å². The third-order valence-electron chi connectivity index (χ3n) is 4.55. The molecule has 4 heteroatoms. The van der Waals surface area contributed by atoms with Gasteiger partial charge in [0.15, 0.2) is 5.60 Å². The van der Waals surface area contributed by atoms with Gasteiger partial charge in [-0.25, -0.2) is 0 Å². The van der Waals surface area contributed by atoms with Gasteiger partial charge < -0.3 is 4.74 Å². The Hall–Kier alpha value is -0.250. The van der Waals surface area contributed by atoms with Crippen LogP contribution in [0.15, 0.2) is 0 Å². The molecule has 5 unspecified atom stereocenters. The first-order valence-corrected chi connectivity index (χ1v) is 5.63. The van der Waals surface area contributed by atoms with Gasteiger partial charge in [-0.2, -0.15) is 13.2 Å². The Bertz CT molecular complexity index is 270. The minimum Gasteiger partial charge on any atom is -0.362 e. The fraction of sp³-hybridized carbons (Fsp3) is 1.00. The smallest absolute Gasteiger partial charge is 0.362 e. The predicted octanol–water partition coefficient (Wildman–Crippen LogP) is 3.14. The lowest BCUT2D eigenvalue weighted by atomic mass is 9.76. The number of alkyl halides is 3. The van der Waals surface area contributed by atoms with Crippen LogP contribution in [-0.2, 0) is 4.74 Å². The normalized spacial score (nSPS) is 53.6. The van der Waals surface area contributed by atoms with E-state index >= 15 is 0 Å². The Balaban J connectivity index is 1.86. The molecule has 2 bridgehead atoms.